The molecule has 3 N–H and O–H groups in total. The van der Waals surface area contributed by atoms with Crippen molar-refractivity contribution in [3.63, 3.8) is 0 Å². The number of carbonyl (C=O) groups excluding carboxylic acids is 2. The molecular formula is C23H22BrN3O4S. The average molecular weight is 516 g/mol. The van der Waals surface area contributed by atoms with Gasteiger partial charge in [-0.15, -0.1) is 0 Å². The summed E-state index contributed by atoms with van der Waals surface area (Å²) < 4.78 is 12.0. The van der Waals surface area contributed by atoms with Gasteiger partial charge in [-0.1, -0.05) is 41.9 Å². The zero-order chi connectivity index (χ0) is 23.3. The van der Waals surface area contributed by atoms with Crippen molar-refractivity contribution in [2.24, 2.45) is 5.92 Å². The average Bonchev–Trinajstić information content (AvgIpc) is 3.25. The highest BCUT2D eigenvalue weighted by Crippen LogP contribution is 2.28. The third-order valence-corrected chi connectivity index (χ3v) is 5.16. The number of anilines is 2. The van der Waals surface area contributed by atoms with Gasteiger partial charge >= 0.3 is 0 Å². The van der Waals surface area contributed by atoms with Crippen LogP contribution in [0.2, 0.25) is 0 Å². The first-order valence-corrected chi connectivity index (χ1v) is 10.9. The SMILES string of the molecule is COc1cc(NC(=S)NC(=O)c2ccc(-c3ccc(Br)cc3)o2)ccc1NC(=O)C(C)C. The van der Waals surface area contributed by atoms with E-state index in [2.05, 4.69) is 31.9 Å². The number of ether oxygens (including phenoxy) is 1. The standard InChI is InChI=1S/C23H22BrN3O4S/c1-13(2)21(28)26-17-9-8-16(12-20(17)30-3)25-23(32)27-22(29)19-11-10-18(31-19)14-4-6-15(24)7-5-14/h4-13H,1-3H3,(H,26,28)(H2,25,27,29,32). The summed E-state index contributed by atoms with van der Waals surface area (Å²) in [5, 5.41) is 8.41. The van der Waals surface area contributed by atoms with Gasteiger partial charge in [0.05, 0.1) is 12.8 Å². The molecule has 0 aliphatic carbocycles. The quantitative estimate of drug-likeness (QED) is 0.378. The van der Waals surface area contributed by atoms with Crippen LogP contribution in [0.5, 0.6) is 5.75 Å². The predicted octanol–water partition coefficient (Wildman–Crippen LogP) is 5.44. The van der Waals surface area contributed by atoms with E-state index < -0.39 is 5.91 Å². The lowest BCUT2D eigenvalue weighted by atomic mass is 10.2. The molecule has 3 aromatic rings. The number of rotatable bonds is 6. The van der Waals surface area contributed by atoms with Gasteiger partial charge in [0.1, 0.15) is 11.5 Å². The van der Waals surface area contributed by atoms with E-state index in [9.17, 15) is 9.59 Å². The summed E-state index contributed by atoms with van der Waals surface area (Å²) in [4.78, 5) is 24.4. The van der Waals surface area contributed by atoms with Crippen molar-refractivity contribution >= 4 is 56.4 Å². The normalized spacial score (nSPS) is 10.5. The number of nitrogens with one attached hydrogen (secondary N) is 3. The first-order valence-electron chi connectivity index (χ1n) is 9.74. The van der Waals surface area contributed by atoms with Crippen molar-refractivity contribution < 1.29 is 18.7 Å². The first kappa shape index (κ1) is 23.5. The first-order chi connectivity index (χ1) is 15.3. The Labute approximate surface area is 199 Å². The van der Waals surface area contributed by atoms with Gasteiger partial charge in [0.25, 0.3) is 5.91 Å². The zero-order valence-corrected chi connectivity index (χ0v) is 20.1. The topological polar surface area (TPSA) is 92.6 Å². The second-order valence-electron chi connectivity index (χ2n) is 7.14. The molecular weight excluding hydrogens is 494 g/mol. The molecule has 1 heterocycles. The van der Waals surface area contributed by atoms with Gasteiger partial charge in [-0.3, -0.25) is 14.9 Å². The Morgan fingerprint density at radius 2 is 1.75 bits per heavy atom. The molecule has 9 heteroatoms. The molecule has 32 heavy (non-hydrogen) atoms. The van der Waals surface area contributed by atoms with E-state index in [0.29, 0.717) is 22.9 Å². The van der Waals surface area contributed by atoms with Crippen LogP contribution in [-0.2, 0) is 4.79 Å². The highest BCUT2D eigenvalue weighted by Gasteiger charge is 2.15. The fourth-order valence-electron chi connectivity index (χ4n) is 2.71. The number of carbonyl (C=O) groups is 2. The highest BCUT2D eigenvalue weighted by atomic mass is 79.9. The zero-order valence-electron chi connectivity index (χ0n) is 17.7. The Morgan fingerprint density at radius 3 is 2.41 bits per heavy atom. The fourth-order valence-corrected chi connectivity index (χ4v) is 3.18. The maximum atomic E-state index is 12.5. The van der Waals surface area contributed by atoms with Gasteiger partial charge in [0, 0.05) is 27.7 Å². The summed E-state index contributed by atoms with van der Waals surface area (Å²) in [6, 6.07) is 16.0. The molecule has 0 radical (unpaired) electrons. The molecule has 7 nitrogen and oxygen atoms in total. The highest BCUT2D eigenvalue weighted by molar-refractivity contribution is 9.10. The monoisotopic (exact) mass is 515 g/mol. The molecule has 1 aromatic heterocycles. The van der Waals surface area contributed by atoms with E-state index in [1.807, 2.05) is 24.3 Å². The van der Waals surface area contributed by atoms with Crippen LogP contribution in [0.1, 0.15) is 24.4 Å². The molecule has 166 valence electrons. The van der Waals surface area contributed by atoms with Gasteiger partial charge in [-0.25, -0.2) is 0 Å². The molecule has 0 saturated heterocycles. The minimum Gasteiger partial charge on any atom is -0.494 e. The smallest absolute Gasteiger partial charge is 0.293 e. The maximum absolute atomic E-state index is 12.5. The molecule has 0 atom stereocenters. The Bertz CT molecular complexity index is 1140. The molecule has 2 aromatic carbocycles. The van der Waals surface area contributed by atoms with E-state index in [4.69, 9.17) is 21.4 Å². The summed E-state index contributed by atoms with van der Waals surface area (Å²) in [7, 11) is 1.50. The molecule has 0 aliphatic heterocycles. The van der Waals surface area contributed by atoms with E-state index in [-0.39, 0.29) is 22.7 Å². The number of halogens is 1. The number of benzene rings is 2. The Morgan fingerprint density at radius 1 is 1.03 bits per heavy atom. The third kappa shape index (κ3) is 5.95. The summed E-state index contributed by atoms with van der Waals surface area (Å²) in [6.45, 7) is 3.61. The van der Waals surface area contributed by atoms with Gasteiger partial charge < -0.3 is 19.8 Å². The molecule has 0 unspecified atom stereocenters. The van der Waals surface area contributed by atoms with Crippen molar-refractivity contribution in [3.05, 3.63) is 64.8 Å². The minimum atomic E-state index is -0.473. The summed E-state index contributed by atoms with van der Waals surface area (Å²) in [5.74, 6) is 0.419. The lowest BCUT2D eigenvalue weighted by Gasteiger charge is -2.14. The number of hydrogen-bond acceptors (Lipinski definition) is 5. The van der Waals surface area contributed by atoms with Crippen LogP contribution >= 0.6 is 28.1 Å². The van der Waals surface area contributed by atoms with E-state index in [1.165, 1.54) is 7.11 Å². The van der Waals surface area contributed by atoms with Crippen LogP contribution in [-0.4, -0.2) is 24.0 Å². The Kier molecular flexibility index (Phi) is 7.66. The van der Waals surface area contributed by atoms with Crippen LogP contribution in [0.3, 0.4) is 0 Å². The Balaban J connectivity index is 1.63. The summed E-state index contributed by atoms with van der Waals surface area (Å²) in [5.41, 5.74) is 1.98. The lowest BCUT2D eigenvalue weighted by molar-refractivity contribution is -0.118. The van der Waals surface area contributed by atoms with Crippen molar-refractivity contribution in [1.29, 1.82) is 0 Å². The number of hydrogen-bond donors (Lipinski definition) is 3. The van der Waals surface area contributed by atoms with Crippen molar-refractivity contribution in [2.45, 2.75) is 13.8 Å². The number of furan rings is 1. The van der Waals surface area contributed by atoms with Gasteiger partial charge in [0.15, 0.2) is 10.9 Å². The lowest BCUT2D eigenvalue weighted by Crippen LogP contribution is -2.33. The fraction of sp³-hybridized carbons (Fsp3) is 0.174. The van der Waals surface area contributed by atoms with Gasteiger partial charge in [-0.05, 0) is 48.6 Å². The number of thiocarbonyl (C=S) groups is 1. The van der Waals surface area contributed by atoms with E-state index in [0.717, 1.165) is 10.0 Å². The van der Waals surface area contributed by atoms with Crippen molar-refractivity contribution in [3.8, 4) is 17.1 Å². The van der Waals surface area contributed by atoms with Crippen molar-refractivity contribution in [1.82, 2.24) is 5.32 Å². The third-order valence-electron chi connectivity index (χ3n) is 4.43. The second-order valence-corrected chi connectivity index (χ2v) is 8.46. The summed E-state index contributed by atoms with van der Waals surface area (Å²) >= 11 is 8.63. The Hall–Kier alpha value is -3.17. The number of amides is 2. The molecule has 0 bridgehead atoms. The molecule has 0 aliphatic rings. The van der Waals surface area contributed by atoms with E-state index >= 15 is 0 Å². The molecule has 0 fully saturated rings. The van der Waals surface area contributed by atoms with Gasteiger partial charge in [0.2, 0.25) is 5.91 Å². The molecule has 0 saturated carbocycles. The second kappa shape index (κ2) is 10.4. The van der Waals surface area contributed by atoms with Crippen LogP contribution in [0.4, 0.5) is 11.4 Å². The van der Waals surface area contributed by atoms with E-state index in [1.54, 1.807) is 44.2 Å². The van der Waals surface area contributed by atoms with Crippen molar-refractivity contribution in [2.75, 3.05) is 17.7 Å². The molecule has 2 amide bonds. The maximum Gasteiger partial charge on any atom is 0.293 e. The van der Waals surface area contributed by atoms with Crippen LogP contribution in [0.25, 0.3) is 11.3 Å². The van der Waals surface area contributed by atoms with Gasteiger partial charge in [-0.2, -0.15) is 0 Å². The van der Waals surface area contributed by atoms with Crippen LogP contribution < -0.4 is 20.7 Å². The summed E-state index contributed by atoms with van der Waals surface area (Å²) in [6.07, 6.45) is 0. The predicted molar refractivity (Wildman–Crippen MR) is 132 cm³/mol. The molecule has 3 rings (SSSR count). The minimum absolute atomic E-state index is 0.0950. The largest absolute Gasteiger partial charge is 0.494 e. The van der Waals surface area contributed by atoms with Crippen LogP contribution in [0, 0.1) is 5.92 Å². The van der Waals surface area contributed by atoms with Crippen LogP contribution in [0.15, 0.2) is 63.5 Å². The molecule has 0 spiro atoms. The number of methoxy groups -OCH3 is 1.